The lowest BCUT2D eigenvalue weighted by Crippen LogP contribution is -2.04. The zero-order chi connectivity index (χ0) is 12.5. The topological polar surface area (TPSA) is 69.6 Å². The van der Waals surface area contributed by atoms with E-state index in [0.717, 1.165) is 16.3 Å². The number of anilines is 1. The average Bonchev–Trinajstić information content (AvgIpc) is 2.97. The highest BCUT2D eigenvalue weighted by atomic mass is 32.1. The molecule has 6 heteroatoms. The minimum absolute atomic E-state index is 0.566. The molecule has 3 aromatic heterocycles. The van der Waals surface area contributed by atoms with E-state index in [9.17, 15) is 0 Å². The van der Waals surface area contributed by atoms with E-state index in [4.69, 9.17) is 5.73 Å². The van der Waals surface area contributed by atoms with Gasteiger partial charge in [-0.05, 0) is 18.4 Å². The van der Waals surface area contributed by atoms with E-state index >= 15 is 0 Å². The van der Waals surface area contributed by atoms with Gasteiger partial charge < -0.3 is 5.73 Å². The Morgan fingerprint density at radius 1 is 1.28 bits per heavy atom. The third-order valence-corrected chi connectivity index (χ3v) is 3.41. The Hall–Kier alpha value is -2.21. The molecule has 0 amide bonds. The smallest absolute Gasteiger partial charge is 0.159 e. The Bertz CT molecular complexity index is 672. The number of hydrogen-bond donors (Lipinski definition) is 1. The zero-order valence-corrected chi connectivity index (χ0v) is 10.6. The first-order chi connectivity index (χ1) is 8.74. The van der Waals surface area contributed by atoms with Crippen molar-refractivity contribution in [1.82, 2.24) is 19.7 Å². The lowest BCUT2D eigenvalue weighted by atomic mass is 10.3. The van der Waals surface area contributed by atoms with Crippen molar-refractivity contribution >= 4 is 17.2 Å². The van der Waals surface area contributed by atoms with Gasteiger partial charge >= 0.3 is 0 Å². The Balaban J connectivity index is 2.09. The van der Waals surface area contributed by atoms with Crippen molar-refractivity contribution in [2.75, 3.05) is 5.73 Å². The minimum Gasteiger partial charge on any atom is -0.384 e. The monoisotopic (exact) mass is 257 g/mol. The molecule has 3 heterocycles. The maximum Gasteiger partial charge on any atom is 0.159 e. The summed E-state index contributed by atoms with van der Waals surface area (Å²) in [6, 6.07) is 7.71. The molecule has 0 bridgehead atoms. The second kappa shape index (κ2) is 4.23. The third kappa shape index (κ3) is 1.86. The maximum atomic E-state index is 5.97. The molecular weight excluding hydrogens is 246 g/mol. The molecular formula is C12H11N5S. The second-order valence-electron chi connectivity index (χ2n) is 3.86. The van der Waals surface area contributed by atoms with E-state index in [2.05, 4.69) is 15.1 Å². The number of nitrogens with two attached hydrogens (primary N) is 1. The fraction of sp³-hybridized carbons (Fsp3) is 0.0833. The van der Waals surface area contributed by atoms with Gasteiger partial charge in [0.1, 0.15) is 17.8 Å². The van der Waals surface area contributed by atoms with E-state index in [1.807, 2.05) is 36.6 Å². The standard InChI is InChI=1S/C12H11N5S/c1-8-5-12(15-7-14-8)17-11(13)6-9(16-17)10-3-2-4-18-10/h2-7H,13H2,1H3. The number of aryl methyl sites for hydroxylation is 1. The molecule has 3 rings (SSSR count). The molecule has 0 atom stereocenters. The first kappa shape index (κ1) is 10.9. The summed E-state index contributed by atoms with van der Waals surface area (Å²) in [5, 5.41) is 6.49. The van der Waals surface area contributed by atoms with Crippen LogP contribution in [0.5, 0.6) is 0 Å². The summed E-state index contributed by atoms with van der Waals surface area (Å²) < 4.78 is 1.63. The zero-order valence-electron chi connectivity index (χ0n) is 9.74. The van der Waals surface area contributed by atoms with Gasteiger partial charge in [-0.2, -0.15) is 9.78 Å². The van der Waals surface area contributed by atoms with Gasteiger partial charge in [-0.3, -0.25) is 0 Å². The van der Waals surface area contributed by atoms with Gasteiger partial charge in [0.05, 0.1) is 4.88 Å². The molecule has 5 nitrogen and oxygen atoms in total. The SMILES string of the molecule is Cc1cc(-n2nc(-c3cccs3)cc2N)ncn1. The van der Waals surface area contributed by atoms with Crippen LogP contribution in [0, 0.1) is 6.92 Å². The number of aromatic nitrogens is 4. The van der Waals surface area contributed by atoms with Gasteiger partial charge in [0.2, 0.25) is 0 Å². The number of nitrogens with zero attached hydrogens (tertiary/aromatic N) is 4. The molecule has 0 saturated carbocycles. The van der Waals surface area contributed by atoms with Crippen molar-refractivity contribution in [3.8, 4) is 16.4 Å². The molecule has 0 unspecified atom stereocenters. The van der Waals surface area contributed by atoms with Gasteiger partial charge in [-0.15, -0.1) is 11.3 Å². The van der Waals surface area contributed by atoms with Gasteiger partial charge in [0.25, 0.3) is 0 Å². The van der Waals surface area contributed by atoms with Crippen LogP contribution >= 0.6 is 11.3 Å². The molecule has 0 aliphatic heterocycles. The molecule has 0 aromatic carbocycles. The molecule has 3 aromatic rings. The summed E-state index contributed by atoms with van der Waals surface area (Å²) in [5.41, 5.74) is 7.72. The summed E-state index contributed by atoms with van der Waals surface area (Å²) in [6.07, 6.45) is 1.51. The maximum absolute atomic E-state index is 5.97. The Morgan fingerprint density at radius 3 is 2.89 bits per heavy atom. The van der Waals surface area contributed by atoms with Crippen molar-refractivity contribution in [1.29, 1.82) is 0 Å². The molecule has 0 radical (unpaired) electrons. The predicted molar refractivity (Wildman–Crippen MR) is 71.6 cm³/mol. The van der Waals surface area contributed by atoms with Gasteiger partial charge in [-0.25, -0.2) is 9.97 Å². The van der Waals surface area contributed by atoms with E-state index < -0.39 is 0 Å². The molecule has 0 aliphatic carbocycles. The first-order valence-corrected chi connectivity index (χ1v) is 6.30. The third-order valence-electron chi connectivity index (χ3n) is 2.52. The van der Waals surface area contributed by atoms with Crippen molar-refractivity contribution in [3.05, 3.63) is 41.7 Å². The van der Waals surface area contributed by atoms with Crippen molar-refractivity contribution in [2.45, 2.75) is 6.92 Å². The minimum atomic E-state index is 0.566. The molecule has 18 heavy (non-hydrogen) atoms. The number of hydrogen-bond acceptors (Lipinski definition) is 5. The second-order valence-corrected chi connectivity index (χ2v) is 4.81. The summed E-state index contributed by atoms with van der Waals surface area (Å²) in [6.45, 7) is 1.91. The van der Waals surface area contributed by atoms with Crippen LogP contribution in [-0.2, 0) is 0 Å². The molecule has 0 fully saturated rings. The quantitative estimate of drug-likeness (QED) is 0.764. The van der Waals surface area contributed by atoms with Gasteiger partial charge in [0.15, 0.2) is 5.82 Å². The number of rotatable bonds is 2. The van der Waals surface area contributed by atoms with Crippen LogP contribution < -0.4 is 5.73 Å². The van der Waals surface area contributed by atoms with E-state index in [1.165, 1.54) is 6.33 Å². The number of nitrogen functional groups attached to an aromatic ring is 1. The van der Waals surface area contributed by atoms with Gasteiger partial charge in [-0.1, -0.05) is 6.07 Å². The van der Waals surface area contributed by atoms with Crippen LogP contribution in [0.25, 0.3) is 16.4 Å². The van der Waals surface area contributed by atoms with Crippen LogP contribution in [-0.4, -0.2) is 19.7 Å². The van der Waals surface area contributed by atoms with Crippen LogP contribution in [0.15, 0.2) is 36.0 Å². The summed E-state index contributed by atoms with van der Waals surface area (Å²) in [5.74, 6) is 1.25. The van der Waals surface area contributed by atoms with E-state index in [0.29, 0.717) is 11.6 Å². The normalized spacial score (nSPS) is 10.7. The fourth-order valence-electron chi connectivity index (χ4n) is 1.68. The average molecular weight is 257 g/mol. The molecule has 0 aliphatic rings. The van der Waals surface area contributed by atoms with Crippen LogP contribution in [0.4, 0.5) is 5.82 Å². The summed E-state index contributed by atoms with van der Waals surface area (Å²) in [7, 11) is 0. The molecule has 0 saturated heterocycles. The summed E-state index contributed by atoms with van der Waals surface area (Å²) >= 11 is 1.63. The Kier molecular flexibility index (Phi) is 2.56. The highest BCUT2D eigenvalue weighted by Crippen LogP contribution is 2.26. The molecule has 90 valence electrons. The predicted octanol–water partition coefficient (Wildman–Crippen LogP) is 2.28. The summed E-state index contributed by atoms with van der Waals surface area (Å²) in [4.78, 5) is 9.33. The van der Waals surface area contributed by atoms with Crippen molar-refractivity contribution in [2.24, 2.45) is 0 Å². The molecule has 0 spiro atoms. The highest BCUT2D eigenvalue weighted by Gasteiger charge is 2.10. The van der Waals surface area contributed by atoms with Crippen LogP contribution in [0.2, 0.25) is 0 Å². The largest absolute Gasteiger partial charge is 0.384 e. The first-order valence-electron chi connectivity index (χ1n) is 5.42. The highest BCUT2D eigenvalue weighted by molar-refractivity contribution is 7.13. The van der Waals surface area contributed by atoms with Crippen LogP contribution in [0.1, 0.15) is 5.69 Å². The Morgan fingerprint density at radius 2 is 2.17 bits per heavy atom. The Labute approximate surface area is 108 Å². The lowest BCUT2D eigenvalue weighted by Gasteiger charge is -2.02. The fourth-order valence-corrected chi connectivity index (χ4v) is 2.36. The lowest BCUT2D eigenvalue weighted by molar-refractivity contribution is 0.848. The van der Waals surface area contributed by atoms with E-state index in [-0.39, 0.29) is 0 Å². The molecule has 2 N–H and O–H groups in total. The van der Waals surface area contributed by atoms with Gasteiger partial charge in [0, 0.05) is 17.8 Å². The van der Waals surface area contributed by atoms with Crippen molar-refractivity contribution in [3.63, 3.8) is 0 Å². The number of thiophene rings is 1. The van der Waals surface area contributed by atoms with E-state index in [1.54, 1.807) is 16.0 Å². The van der Waals surface area contributed by atoms with Crippen LogP contribution in [0.3, 0.4) is 0 Å². The van der Waals surface area contributed by atoms with Crippen molar-refractivity contribution < 1.29 is 0 Å².